The van der Waals surface area contributed by atoms with Crippen molar-refractivity contribution in [3.8, 4) is 0 Å². The maximum Gasteiger partial charge on any atom is 0.177 e. The molecule has 0 amide bonds. The molecule has 27 heavy (non-hydrogen) atoms. The van der Waals surface area contributed by atoms with Gasteiger partial charge in [-0.25, -0.2) is 8.42 Å². The maximum absolute atomic E-state index is 12.2. The molecule has 0 aromatic carbocycles. The number of aromatic nitrogens is 3. The normalized spacial score (nSPS) is 18.6. The number of likely N-dealkylation sites (tertiary alicyclic amines) is 1. The van der Waals surface area contributed by atoms with Gasteiger partial charge in [0.25, 0.3) is 0 Å². The van der Waals surface area contributed by atoms with Gasteiger partial charge in [-0.2, -0.15) is 5.10 Å². The van der Waals surface area contributed by atoms with Gasteiger partial charge >= 0.3 is 0 Å². The van der Waals surface area contributed by atoms with Crippen molar-refractivity contribution in [3.63, 3.8) is 0 Å². The van der Waals surface area contributed by atoms with Crippen LogP contribution in [0, 0.1) is 6.92 Å². The van der Waals surface area contributed by atoms with Crippen LogP contribution in [0.25, 0.3) is 0 Å². The van der Waals surface area contributed by atoms with E-state index in [0.29, 0.717) is 17.3 Å². The van der Waals surface area contributed by atoms with Crippen LogP contribution in [0.3, 0.4) is 0 Å². The number of piperidine rings is 1. The molecule has 0 aliphatic carbocycles. The predicted molar refractivity (Wildman–Crippen MR) is 107 cm³/mol. The molecule has 0 spiro atoms. The van der Waals surface area contributed by atoms with Crippen molar-refractivity contribution in [1.29, 1.82) is 0 Å². The Labute approximate surface area is 165 Å². The summed E-state index contributed by atoms with van der Waals surface area (Å²) in [6, 6.07) is 1.52. The molecule has 1 unspecified atom stereocenters. The Morgan fingerprint density at radius 1 is 1.44 bits per heavy atom. The number of halogens is 1. The molecule has 1 aliphatic heterocycles. The highest BCUT2D eigenvalue weighted by molar-refractivity contribution is 7.90. The standard InChI is InChI=1S/C19H25ClN4O2S/c1-4-7-24-13-16(14(2)22-24)12-23-8-5-6-15(11-23)19-18(27(3,25)26)9-17(20)10-21-19/h4,9-10,13,15H,1,5-8,11-12H2,2-3H3. The van der Waals surface area contributed by atoms with Crippen molar-refractivity contribution in [2.45, 2.75) is 43.7 Å². The van der Waals surface area contributed by atoms with Crippen LogP contribution in [0.15, 0.2) is 36.0 Å². The van der Waals surface area contributed by atoms with Gasteiger partial charge < -0.3 is 0 Å². The van der Waals surface area contributed by atoms with Gasteiger partial charge in [0.2, 0.25) is 0 Å². The first kappa shape index (κ1) is 20.0. The monoisotopic (exact) mass is 408 g/mol. The second-order valence-corrected chi connectivity index (χ2v) is 9.55. The van der Waals surface area contributed by atoms with Crippen molar-refractivity contribution in [2.24, 2.45) is 0 Å². The van der Waals surface area contributed by atoms with Crippen LogP contribution in [0.4, 0.5) is 0 Å². The topological polar surface area (TPSA) is 68.1 Å². The number of allylic oxidation sites excluding steroid dienone is 1. The van der Waals surface area contributed by atoms with Crippen LogP contribution in [0.1, 0.15) is 35.7 Å². The SMILES string of the molecule is C=CCn1cc(CN2CCCC(c3ncc(Cl)cc3S(C)(=O)=O)C2)c(C)n1. The molecular formula is C19H25ClN4O2S. The zero-order chi connectivity index (χ0) is 19.6. The fourth-order valence-corrected chi connectivity index (χ4v) is 4.80. The molecule has 8 heteroatoms. The molecule has 3 heterocycles. The van der Waals surface area contributed by atoms with Gasteiger partial charge in [-0.3, -0.25) is 14.6 Å². The fourth-order valence-electron chi connectivity index (χ4n) is 3.64. The summed E-state index contributed by atoms with van der Waals surface area (Å²) < 4.78 is 26.3. The van der Waals surface area contributed by atoms with E-state index < -0.39 is 9.84 Å². The summed E-state index contributed by atoms with van der Waals surface area (Å²) in [6.07, 6.45) is 8.55. The number of nitrogens with zero attached hydrogens (tertiary/aromatic N) is 4. The van der Waals surface area contributed by atoms with E-state index in [4.69, 9.17) is 11.6 Å². The highest BCUT2D eigenvalue weighted by atomic mass is 35.5. The third kappa shape index (κ3) is 4.78. The average Bonchev–Trinajstić information content (AvgIpc) is 2.94. The summed E-state index contributed by atoms with van der Waals surface area (Å²) in [5.41, 5.74) is 2.83. The zero-order valence-corrected chi connectivity index (χ0v) is 17.3. The van der Waals surface area contributed by atoms with Gasteiger partial charge in [-0.05, 0) is 32.4 Å². The van der Waals surface area contributed by atoms with E-state index in [2.05, 4.69) is 27.8 Å². The molecule has 0 radical (unpaired) electrons. The van der Waals surface area contributed by atoms with Gasteiger partial charge in [0.05, 0.1) is 27.9 Å². The minimum atomic E-state index is -3.38. The lowest BCUT2D eigenvalue weighted by Gasteiger charge is -2.33. The second-order valence-electron chi connectivity index (χ2n) is 7.13. The number of hydrogen-bond donors (Lipinski definition) is 0. The molecule has 146 valence electrons. The second kappa shape index (κ2) is 8.12. The van der Waals surface area contributed by atoms with Gasteiger partial charge in [-0.15, -0.1) is 6.58 Å². The number of rotatable bonds is 6. The van der Waals surface area contributed by atoms with Gasteiger partial charge in [0.15, 0.2) is 9.84 Å². The highest BCUT2D eigenvalue weighted by Crippen LogP contribution is 2.32. The van der Waals surface area contributed by atoms with E-state index in [9.17, 15) is 8.42 Å². The molecule has 0 bridgehead atoms. The first-order chi connectivity index (χ1) is 12.8. The van der Waals surface area contributed by atoms with Crippen molar-refractivity contribution in [1.82, 2.24) is 19.7 Å². The molecule has 1 atom stereocenters. The Kier molecular flexibility index (Phi) is 6.03. The third-order valence-corrected chi connectivity index (χ3v) is 6.23. The van der Waals surface area contributed by atoms with Crippen LogP contribution in [0.5, 0.6) is 0 Å². The molecule has 1 fully saturated rings. The first-order valence-electron chi connectivity index (χ1n) is 8.99. The van der Waals surface area contributed by atoms with Gasteiger partial charge in [0.1, 0.15) is 0 Å². The fraction of sp³-hybridized carbons (Fsp3) is 0.474. The van der Waals surface area contributed by atoms with Crippen molar-refractivity contribution >= 4 is 21.4 Å². The molecule has 1 aliphatic rings. The predicted octanol–water partition coefficient (Wildman–Crippen LogP) is 3.21. The third-order valence-electron chi connectivity index (χ3n) is 4.90. The number of hydrogen-bond acceptors (Lipinski definition) is 5. The summed E-state index contributed by atoms with van der Waals surface area (Å²) in [5.74, 6) is 0.0734. The number of sulfone groups is 1. The highest BCUT2D eigenvalue weighted by Gasteiger charge is 2.28. The molecule has 0 N–H and O–H groups in total. The van der Waals surface area contributed by atoms with Crippen molar-refractivity contribution in [2.75, 3.05) is 19.3 Å². The van der Waals surface area contributed by atoms with Crippen LogP contribution in [-0.4, -0.2) is 47.4 Å². The van der Waals surface area contributed by atoms with Crippen LogP contribution < -0.4 is 0 Å². The molecular weight excluding hydrogens is 384 g/mol. The first-order valence-corrected chi connectivity index (χ1v) is 11.3. The quantitative estimate of drug-likeness (QED) is 0.686. The summed E-state index contributed by atoms with van der Waals surface area (Å²) in [5, 5.41) is 4.86. The number of aryl methyl sites for hydroxylation is 1. The molecule has 0 saturated carbocycles. The Morgan fingerprint density at radius 2 is 2.22 bits per heavy atom. The van der Waals surface area contributed by atoms with E-state index in [1.807, 2.05) is 17.7 Å². The lowest BCUT2D eigenvalue weighted by Crippen LogP contribution is -2.34. The summed E-state index contributed by atoms with van der Waals surface area (Å²) in [7, 11) is -3.38. The zero-order valence-electron chi connectivity index (χ0n) is 15.7. The Morgan fingerprint density at radius 3 is 2.93 bits per heavy atom. The molecule has 1 saturated heterocycles. The van der Waals surface area contributed by atoms with E-state index in [-0.39, 0.29) is 10.8 Å². The van der Waals surface area contributed by atoms with E-state index in [0.717, 1.165) is 38.2 Å². The van der Waals surface area contributed by atoms with Crippen molar-refractivity contribution in [3.05, 3.63) is 53.1 Å². The van der Waals surface area contributed by atoms with E-state index in [1.54, 1.807) is 0 Å². The summed E-state index contributed by atoms with van der Waals surface area (Å²) in [6.45, 7) is 8.99. The molecule has 6 nitrogen and oxygen atoms in total. The summed E-state index contributed by atoms with van der Waals surface area (Å²) in [4.78, 5) is 6.98. The Hall–Kier alpha value is -1.70. The number of pyridine rings is 1. The smallest absolute Gasteiger partial charge is 0.177 e. The average molecular weight is 409 g/mol. The van der Waals surface area contributed by atoms with Crippen molar-refractivity contribution < 1.29 is 8.42 Å². The minimum Gasteiger partial charge on any atom is -0.298 e. The van der Waals surface area contributed by atoms with Crippen LogP contribution in [0.2, 0.25) is 5.02 Å². The molecule has 2 aromatic rings. The maximum atomic E-state index is 12.2. The van der Waals surface area contributed by atoms with E-state index >= 15 is 0 Å². The summed E-state index contributed by atoms with van der Waals surface area (Å²) >= 11 is 5.99. The van der Waals surface area contributed by atoms with Gasteiger partial charge in [-0.1, -0.05) is 17.7 Å². The van der Waals surface area contributed by atoms with E-state index in [1.165, 1.54) is 24.1 Å². The Balaban J connectivity index is 1.80. The largest absolute Gasteiger partial charge is 0.298 e. The Bertz CT molecular complexity index is 939. The lowest BCUT2D eigenvalue weighted by molar-refractivity contribution is 0.197. The minimum absolute atomic E-state index is 0.0734. The van der Waals surface area contributed by atoms with Gasteiger partial charge in [0, 0.05) is 43.2 Å². The molecule has 3 rings (SSSR count). The lowest BCUT2D eigenvalue weighted by atomic mass is 9.94. The molecule has 2 aromatic heterocycles. The van der Waals surface area contributed by atoms with Crippen LogP contribution in [-0.2, 0) is 22.9 Å². The van der Waals surface area contributed by atoms with Crippen LogP contribution >= 0.6 is 11.6 Å².